The topological polar surface area (TPSA) is 106 Å². The van der Waals surface area contributed by atoms with Crippen molar-refractivity contribution >= 4 is 11.7 Å². The number of urea groups is 1. The molecular formula is C13H17N5O2. The molecule has 20 heavy (non-hydrogen) atoms. The molecule has 0 saturated carbocycles. The minimum atomic E-state index is -0.282. The summed E-state index contributed by atoms with van der Waals surface area (Å²) >= 11 is 0. The van der Waals surface area contributed by atoms with Gasteiger partial charge in [0, 0.05) is 24.7 Å². The first-order valence-electron chi connectivity index (χ1n) is 6.31. The molecule has 0 bridgehead atoms. The first kappa shape index (κ1) is 14.0. The summed E-state index contributed by atoms with van der Waals surface area (Å²) in [7, 11) is 0. The summed E-state index contributed by atoms with van der Waals surface area (Å²) in [5.74, 6) is 0.559. The second-order valence-corrected chi connectivity index (χ2v) is 4.39. The molecule has 0 aliphatic rings. The van der Waals surface area contributed by atoms with Crippen LogP contribution in [-0.2, 0) is 6.42 Å². The Kier molecular flexibility index (Phi) is 4.67. The molecule has 1 heterocycles. The molecular weight excluding hydrogens is 258 g/mol. The highest BCUT2D eigenvalue weighted by atomic mass is 16.5. The molecule has 0 saturated heterocycles. The van der Waals surface area contributed by atoms with Crippen molar-refractivity contribution < 1.29 is 9.32 Å². The summed E-state index contributed by atoms with van der Waals surface area (Å²) in [6.07, 6.45) is 1.78. The minimum Gasteiger partial charge on any atom is -0.343 e. The molecule has 1 aromatic heterocycles. The number of nitrogens with two attached hydrogens (primary N) is 1. The van der Waals surface area contributed by atoms with E-state index >= 15 is 0 Å². The number of nitrogens with zero attached hydrogens (tertiary/aromatic N) is 2. The average Bonchev–Trinajstić information content (AvgIpc) is 2.92. The van der Waals surface area contributed by atoms with Gasteiger partial charge in [-0.3, -0.25) is 0 Å². The van der Waals surface area contributed by atoms with Crippen LogP contribution in [0.1, 0.15) is 24.4 Å². The zero-order valence-corrected chi connectivity index (χ0v) is 11.2. The molecule has 0 fully saturated rings. The smallest absolute Gasteiger partial charge is 0.319 e. The van der Waals surface area contributed by atoms with E-state index in [1.807, 2.05) is 31.2 Å². The maximum absolute atomic E-state index is 11.7. The maximum atomic E-state index is 11.7. The number of nitrogens with one attached hydrogen (secondary N) is 2. The molecule has 1 aromatic carbocycles. The predicted molar refractivity (Wildman–Crippen MR) is 74.1 cm³/mol. The van der Waals surface area contributed by atoms with Crippen LogP contribution in [0.2, 0.25) is 0 Å². The van der Waals surface area contributed by atoms with Crippen molar-refractivity contribution in [1.82, 2.24) is 15.5 Å². The van der Waals surface area contributed by atoms with E-state index in [4.69, 9.17) is 5.73 Å². The van der Waals surface area contributed by atoms with Gasteiger partial charge in [-0.15, -0.1) is 0 Å². The van der Waals surface area contributed by atoms with Crippen molar-refractivity contribution in [2.75, 3.05) is 11.9 Å². The normalized spacial score (nSPS) is 11.9. The van der Waals surface area contributed by atoms with Gasteiger partial charge in [0.2, 0.25) is 6.39 Å². The summed E-state index contributed by atoms with van der Waals surface area (Å²) in [5, 5.41) is 9.12. The minimum absolute atomic E-state index is 0.0712. The third kappa shape index (κ3) is 4.06. The zero-order chi connectivity index (χ0) is 14.4. The van der Waals surface area contributed by atoms with Crippen LogP contribution >= 0.6 is 0 Å². The van der Waals surface area contributed by atoms with Gasteiger partial charge >= 0.3 is 6.03 Å². The molecule has 2 amide bonds. The van der Waals surface area contributed by atoms with Crippen LogP contribution in [0, 0.1) is 0 Å². The third-order valence-corrected chi connectivity index (χ3v) is 2.71. The summed E-state index contributed by atoms with van der Waals surface area (Å²) in [4.78, 5) is 15.6. The number of aromatic nitrogens is 2. The molecule has 0 aliphatic heterocycles. The lowest BCUT2D eigenvalue weighted by atomic mass is 10.1. The van der Waals surface area contributed by atoms with Crippen LogP contribution in [-0.4, -0.2) is 22.7 Å². The van der Waals surface area contributed by atoms with Gasteiger partial charge in [0.25, 0.3) is 0 Å². The average molecular weight is 275 g/mol. The van der Waals surface area contributed by atoms with Crippen molar-refractivity contribution in [2.45, 2.75) is 19.4 Å². The molecule has 1 atom stereocenters. The van der Waals surface area contributed by atoms with Crippen LogP contribution in [0.25, 0.3) is 0 Å². The highest BCUT2D eigenvalue weighted by Crippen LogP contribution is 2.15. The Bertz CT molecular complexity index is 554. The quantitative estimate of drug-likeness (QED) is 0.765. The molecule has 2 rings (SSSR count). The van der Waals surface area contributed by atoms with Crippen molar-refractivity contribution in [3.63, 3.8) is 0 Å². The molecule has 7 nitrogen and oxygen atoms in total. The van der Waals surface area contributed by atoms with Gasteiger partial charge in [-0.1, -0.05) is 17.3 Å². The van der Waals surface area contributed by atoms with Crippen LogP contribution in [0.3, 0.4) is 0 Å². The van der Waals surface area contributed by atoms with Gasteiger partial charge < -0.3 is 20.9 Å². The highest BCUT2D eigenvalue weighted by molar-refractivity contribution is 5.89. The second-order valence-electron chi connectivity index (χ2n) is 4.39. The van der Waals surface area contributed by atoms with E-state index < -0.39 is 0 Å². The van der Waals surface area contributed by atoms with Crippen LogP contribution in [0.4, 0.5) is 10.5 Å². The van der Waals surface area contributed by atoms with Gasteiger partial charge in [0.15, 0.2) is 5.82 Å². The Morgan fingerprint density at radius 1 is 1.50 bits per heavy atom. The lowest BCUT2D eigenvalue weighted by Crippen LogP contribution is -2.30. The molecule has 2 aromatic rings. The van der Waals surface area contributed by atoms with E-state index in [0.717, 1.165) is 5.56 Å². The van der Waals surface area contributed by atoms with Gasteiger partial charge in [0.1, 0.15) is 0 Å². The van der Waals surface area contributed by atoms with Gasteiger partial charge in [-0.25, -0.2) is 4.79 Å². The SMILES string of the molecule is CC(N)c1cccc(NC(=O)NCCc2ncon2)c1. The number of carbonyl (C=O) groups is 1. The van der Waals surface area contributed by atoms with Crippen molar-refractivity contribution in [1.29, 1.82) is 0 Å². The summed E-state index contributed by atoms with van der Waals surface area (Å²) in [6, 6.07) is 7.08. The molecule has 0 radical (unpaired) electrons. The monoisotopic (exact) mass is 275 g/mol. The predicted octanol–water partition coefficient (Wildman–Crippen LogP) is 1.45. The lowest BCUT2D eigenvalue weighted by Gasteiger charge is -2.10. The van der Waals surface area contributed by atoms with Crippen molar-refractivity contribution in [3.8, 4) is 0 Å². The fraction of sp³-hybridized carbons (Fsp3) is 0.308. The summed E-state index contributed by atoms with van der Waals surface area (Å²) < 4.78 is 4.60. The largest absolute Gasteiger partial charge is 0.343 e. The van der Waals surface area contributed by atoms with E-state index in [0.29, 0.717) is 24.5 Å². The van der Waals surface area contributed by atoms with Crippen LogP contribution in [0.15, 0.2) is 35.2 Å². The first-order chi connectivity index (χ1) is 9.65. The van der Waals surface area contributed by atoms with Gasteiger partial charge in [-0.2, -0.15) is 4.98 Å². The van der Waals surface area contributed by atoms with Crippen LogP contribution in [0.5, 0.6) is 0 Å². The molecule has 4 N–H and O–H groups in total. The fourth-order valence-electron chi connectivity index (χ4n) is 1.67. The Hall–Kier alpha value is -2.41. The molecule has 0 aliphatic carbocycles. The standard InChI is InChI=1S/C13H17N5O2/c1-9(14)10-3-2-4-11(7-10)17-13(19)15-6-5-12-16-8-20-18-12/h2-4,7-9H,5-6,14H2,1H3,(H2,15,17,19). The number of anilines is 1. The van der Waals surface area contributed by atoms with Crippen molar-refractivity contribution in [2.24, 2.45) is 5.73 Å². The Labute approximate surface area is 116 Å². The molecule has 106 valence electrons. The van der Waals surface area contributed by atoms with E-state index in [9.17, 15) is 4.79 Å². The molecule has 7 heteroatoms. The number of carbonyl (C=O) groups excluding carboxylic acids is 1. The van der Waals surface area contributed by atoms with E-state index in [1.54, 1.807) is 0 Å². The summed E-state index contributed by atoms with van der Waals surface area (Å²) in [6.45, 7) is 2.32. The number of rotatable bonds is 5. The van der Waals surface area contributed by atoms with Crippen LogP contribution < -0.4 is 16.4 Å². The van der Waals surface area contributed by atoms with E-state index in [-0.39, 0.29) is 12.1 Å². The molecule has 0 spiro atoms. The number of amides is 2. The Balaban J connectivity index is 1.80. The number of hydrogen-bond donors (Lipinski definition) is 3. The van der Waals surface area contributed by atoms with E-state index in [2.05, 4.69) is 25.3 Å². The van der Waals surface area contributed by atoms with Gasteiger partial charge in [-0.05, 0) is 24.6 Å². The number of hydrogen-bond acceptors (Lipinski definition) is 5. The van der Waals surface area contributed by atoms with E-state index in [1.165, 1.54) is 6.39 Å². The zero-order valence-electron chi connectivity index (χ0n) is 11.2. The van der Waals surface area contributed by atoms with Gasteiger partial charge in [0.05, 0.1) is 0 Å². The first-order valence-corrected chi connectivity index (χ1v) is 6.31. The lowest BCUT2D eigenvalue weighted by molar-refractivity contribution is 0.252. The maximum Gasteiger partial charge on any atom is 0.319 e. The fourth-order valence-corrected chi connectivity index (χ4v) is 1.67. The Morgan fingerprint density at radius 2 is 2.35 bits per heavy atom. The second kappa shape index (κ2) is 6.67. The molecule has 1 unspecified atom stereocenters. The summed E-state index contributed by atoms with van der Waals surface area (Å²) in [5.41, 5.74) is 7.47. The third-order valence-electron chi connectivity index (χ3n) is 2.71. The highest BCUT2D eigenvalue weighted by Gasteiger charge is 2.05. The van der Waals surface area contributed by atoms with Crippen molar-refractivity contribution in [3.05, 3.63) is 42.0 Å². The number of benzene rings is 1. The Morgan fingerprint density at radius 3 is 3.05 bits per heavy atom.